The summed E-state index contributed by atoms with van der Waals surface area (Å²) in [6.07, 6.45) is 4.71. The highest BCUT2D eigenvalue weighted by Gasteiger charge is 2.28. The molecule has 0 unspecified atom stereocenters. The fourth-order valence-electron chi connectivity index (χ4n) is 5.70. The lowest BCUT2D eigenvalue weighted by molar-refractivity contribution is -0.147. The summed E-state index contributed by atoms with van der Waals surface area (Å²) >= 11 is 0. The third kappa shape index (κ3) is 19.6. The van der Waals surface area contributed by atoms with E-state index in [0.29, 0.717) is 33.8 Å². The number of nitrogens with one attached hydrogen (secondary N) is 3. The molecular weight excluding hydrogens is 961 g/mol. The van der Waals surface area contributed by atoms with Crippen LogP contribution < -0.4 is 16.0 Å². The summed E-state index contributed by atoms with van der Waals surface area (Å²) in [6.45, 7) is 23.0. The molecule has 18 nitrogen and oxygen atoms in total. The summed E-state index contributed by atoms with van der Waals surface area (Å²) < 4.78 is 32.0. The second kappa shape index (κ2) is 25.6. The standard InChI is InChI=1S/C50H64N6O12Si3/c1-13-63-42(57)39(45(60)66-31-69(4,5)6)28-33-16-22-36(23-17-33)51-48-54-49(52-37-24-18-34(19-25-37)29-40(43(58)64-14-2)46(61)67-32-70(7,8)9)56-50(55-48)53-38-26-20-35(21-27-38)30-41(44(59)65-15-3)47(62)68-71(10,11)12/h16-30H,13-15,31-32H2,1-12H3,(H3,51,52,53,54,55,56)/b39-28-,40-29+,41-30+. The minimum absolute atomic E-state index is 0.0775. The maximum atomic E-state index is 13.0. The van der Waals surface area contributed by atoms with Gasteiger partial charge in [-0.1, -0.05) is 75.7 Å². The van der Waals surface area contributed by atoms with Gasteiger partial charge in [-0.2, -0.15) is 15.0 Å². The lowest BCUT2D eigenvalue weighted by Crippen LogP contribution is -2.32. The van der Waals surface area contributed by atoms with Gasteiger partial charge in [0, 0.05) is 17.1 Å². The highest BCUT2D eigenvalue weighted by atomic mass is 28.4. The lowest BCUT2D eigenvalue weighted by atomic mass is 10.1. The first-order chi connectivity index (χ1) is 33.3. The van der Waals surface area contributed by atoms with Crippen LogP contribution in [0.15, 0.2) is 89.5 Å². The number of aromatic nitrogens is 3. The van der Waals surface area contributed by atoms with Crippen molar-refractivity contribution in [3.05, 3.63) is 106 Å². The molecule has 21 heteroatoms. The van der Waals surface area contributed by atoms with Crippen LogP contribution in [-0.2, 0) is 56.9 Å². The number of rotatable bonds is 23. The van der Waals surface area contributed by atoms with E-state index in [9.17, 15) is 28.8 Å². The Morgan fingerprint density at radius 1 is 0.408 bits per heavy atom. The summed E-state index contributed by atoms with van der Waals surface area (Å²) in [5.41, 5.74) is 2.52. The van der Waals surface area contributed by atoms with Crippen LogP contribution >= 0.6 is 0 Å². The number of hydrogen-bond donors (Lipinski definition) is 3. The third-order valence-electron chi connectivity index (χ3n) is 8.89. The Labute approximate surface area is 417 Å². The molecule has 0 atom stereocenters. The molecule has 0 fully saturated rings. The van der Waals surface area contributed by atoms with Crippen LogP contribution in [0.25, 0.3) is 18.2 Å². The summed E-state index contributed by atoms with van der Waals surface area (Å²) in [5.74, 6) is -4.32. The highest BCUT2D eigenvalue weighted by molar-refractivity contribution is 6.76. The maximum Gasteiger partial charge on any atom is 0.345 e. The number of benzene rings is 3. The molecule has 0 radical (unpaired) electrons. The van der Waals surface area contributed by atoms with Gasteiger partial charge in [0.2, 0.25) is 26.2 Å². The molecule has 1 heterocycles. The predicted molar refractivity (Wildman–Crippen MR) is 281 cm³/mol. The van der Waals surface area contributed by atoms with Gasteiger partial charge in [-0.15, -0.1) is 0 Å². The van der Waals surface area contributed by atoms with Crippen molar-refractivity contribution in [2.45, 2.75) is 79.7 Å². The van der Waals surface area contributed by atoms with E-state index in [2.05, 4.69) is 30.9 Å². The fourth-order valence-corrected chi connectivity index (χ4v) is 7.50. The Hall–Kier alpha value is -7.24. The van der Waals surface area contributed by atoms with Crippen LogP contribution in [0.2, 0.25) is 58.9 Å². The number of nitrogens with zero attached hydrogens (tertiary/aromatic N) is 3. The van der Waals surface area contributed by atoms with Gasteiger partial charge in [0.15, 0.2) is 0 Å². The van der Waals surface area contributed by atoms with E-state index < -0.39 is 60.3 Å². The number of ether oxygens (including phenoxy) is 5. The van der Waals surface area contributed by atoms with E-state index in [1.165, 1.54) is 18.2 Å². The smallest absolute Gasteiger partial charge is 0.345 e. The number of carbonyl (C=O) groups excluding carboxylic acids is 6. The van der Waals surface area contributed by atoms with E-state index in [1.54, 1.807) is 93.6 Å². The summed E-state index contributed by atoms with van der Waals surface area (Å²) in [4.78, 5) is 91.2. The maximum absolute atomic E-state index is 13.0. The summed E-state index contributed by atoms with van der Waals surface area (Å²) in [5, 5.41) is 9.52. The van der Waals surface area contributed by atoms with Gasteiger partial charge in [-0.3, -0.25) is 0 Å². The van der Waals surface area contributed by atoms with Crippen LogP contribution in [0.3, 0.4) is 0 Å². The number of esters is 5. The summed E-state index contributed by atoms with van der Waals surface area (Å²) in [6, 6.07) is 20.4. The van der Waals surface area contributed by atoms with Gasteiger partial charge >= 0.3 is 35.8 Å². The Balaban J connectivity index is 1.69. The Morgan fingerprint density at radius 2 is 0.662 bits per heavy atom. The number of anilines is 6. The van der Waals surface area contributed by atoms with E-state index in [0.717, 1.165) is 0 Å². The molecular formula is C50H64N6O12Si3. The first-order valence-electron chi connectivity index (χ1n) is 23.0. The molecule has 4 rings (SSSR count). The Bertz CT molecular complexity index is 2510. The second-order valence-corrected chi connectivity index (χ2v) is 34.4. The number of hydrogen-bond acceptors (Lipinski definition) is 18. The molecule has 0 aliphatic heterocycles. The van der Waals surface area contributed by atoms with Crippen molar-refractivity contribution >= 4 is 113 Å². The van der Waals surface area contributed by atoms with Gasteiger partial charge in [0.1, 0.15) is 16.7 Å². The molecule has 0 saturated heterocycles. The minimum atomic E-state index is -2.34. The largest absolute Gasteiger partial charge is 0.516 e. The third-order valence-corrected chi connectivity index (χ3v) is 11.7. The number of carbonyl (C=O) groups is 6. The van der Waals surface area contributed by atoms with Crippen LogP contribution in [0.1, 0.15) is 37.5 Å². The zero-order valence-electron chi connectivity index (χ0n) is 42.4. The zero-order chi connectivity index (χ0) is 52.5. The van der Waals surface area contributed by atoms with E-state index >= 15 is 0 Å². The molecule has 0 bridgehead atoms. The molecule has 0 aliphatic rings. The predicted octanol–water partition coefficient (Wildman–Crippen LogP) is 9.16. The first-order valence-corrected chi connectivity index (χ1v) is 33.8. The summed E-state index contributed by atoms with van der Waals surface area (Å²) in [7, 11) is -5.88. The molecule has 0 amide bonds. The second-order valence-electron chi connectivity index (χ2n) is 19.2. The van der Waals surface area contributed by atoms with Crippen molar-refractivity contribution < 1.29 is 56.9 Å². The first kappa shape index (κ1) is 56.3. The quantitative estimate of drug-likeness (QED) is 0.0157. The van der Waals surface area contributed by atoms with Gasteiger partial charge in [-0.05, 0) is 112 Å². The van der Waals surface area contributed by atoms with Crippen molar-refractivity contribution in [3.8, 4) is 0 Å². The normalized spacial score (nSPS) is 12.3. The van der Waals surface area contributed by atoms with Crippen LogP contribution in [0.4, 0.5) is 34.9 Å². The van der Waals surface area contributed by atoms with Crippen LogP contribution in [0.5, 0.6) is 0 Å². The molecule has 71 heavy (non-hydrogen) atoms. The van der Waals surface area contributed by atoms with E-state index in [4.69, 9.17) is 28.1 Å². The SMILES string of the molecule is CCOC(=O)/C(=C/c1ccc(Nc2nc(Nc3ccc(/C=C(\C(=O)OCC)C(=O)OC[Si](C)(C)C)cc3)nc(Nc3ccc(/C=C(\C(=O)OCC)C(=O)O[Si](C)(C)C)cc3)n2)cc1)C(=O)OC[Si](C)(C)C. The molecule has 3 N–H and O–H groups in total. The average molecular weight is 1030 g/mol. The Morgan fingerprint density at radius 3 is 0.901 bits per heavy atom. The van der Waals surface area contributed by atoms with Crippen LogP contribution in [0, 0.1) is 0 Å². The topological polar surface area (TPSA) is 233 Å². The highest BCUT2D eigenvalue weighted by Crippen LogP contribution is 2.25. The molecule has 3 aromatic carbocycles. The average Bonchev–Trinajstić information content (AvgIpc) is 3.28. The molecule has 4 aromatic rings. The van der Waals surface area contributed by atoms with Crippen molar-refractivity contribution in [2.75, 3.05) is 48.2 Å². The van der Waals surface area contributed by atoms with Crippen molar-refractivity contribution in [1.82, 2.24) is 15.0 Å². The molecule has 0 aliphatic carbocycles. The molecule has 0 spiro atoms. The van der Waals surface area contributed by atoms with E-state index in [1.807, 2.05) is 58.9 Å². The van der Waals surface area contributed by atoms with Crippen molar-refractivity contribution in [3.63, 3.8) is 0 Å². The lowest BCUT2D eigenvalue weighted by Gasteiger charge is -2.18. The Kier molecular flexibility index (Phi) is 20.3. The van der Waals surface area contributed by atoms with Gasteiger partial charge < -0.3 is 44.1 Å². The molecule has 0 saturated carbocycles. The van der Waals surface area contributed by atoms with Gasteiger partial charge in [0.05, 0.1) is 48.4 Å². The van der Waals surface area contributed by atoms with Gasteiger partial charge in [0.25, 0.3) is 0 Å². The van der Waals surface area contributed by atoms with E-state index in [-0.39, 0.29) is 66.8 Å². The zero-order valence-corrected chi connectivity index (χ0v) is 45.4. The van der Waals surface area contributed by atoms with Gasteiger partial charge in [-0.25, -0.2) is 28.8 Å². The van der Waals surface area contributed by atoms with Crippen LogP contribution in [-0.4, -0.2) is 108 Å². The molecule has 378 valence electrons. The molecule has 1 aromatic heterocycles. The van der Waals surface area contributed by atoms with Crippen molar-refractivity contribution in [1.29, 1.82) is 0 Å². The fraction of sp³-hybridized carbons (Fsp3) is 0.340. The monoisotopic (exact) mass is 1020 g/mol. The van der Waals surface area contributed by atoms with Crippen molar-refractivity contribution in [2.24, 2.45) is 0 Å². The minimum Gasteiger partial charge on any atom is -0.516 e.